The molecule has 1 aromatic heterocycles. The normalized spacial score (nSPS) is 13.8. The average molecular weight is 281 g/mol. The SMILES string of the molecule is CC(C)CNCc1ccncc1N1CCc2ccccc21. The van der Waals surface area contributed by atoms with Crippen molar-refractivity contribution in [2.24, 2.45) is 5.92 Å². The maximum atomic E-state index is 4.34. The summed E-state index contributed by atoms with van der Waals surface area (Å²) >= 11 is 0. The van der Waals surface area contributed by atoms with E-state index in [2.05, 4.69) is 59.4 Å². The molecule has 3 heteroatoms. The van der Waals surface area contributed by atoms with E-state index in [9.17, 15) is 0 Å². The van der Waals surface area contributed by atoms with Gasteiger partial charge in [0.2, 0.25) is 0 Å². The largest absolute Gasteiger partial charge is 0.339 e. The Morgan fingerprint density at radius 3 is 2.90 bits per heavy atom. The van der Waals surface area contributed by atoms with Crippen LogP contribution in [-0.2, 0) is 13.0 Å². The highest BCUT2D eigenvalue weighted by Crippen LogP contribution is 2.35. The molecule has 2 heterocycles. The van der Waals surface area contributed by atoms with E-state index in [1.54, 1.807) is 0 Å². The zero-order valence-corrected chi connectivity index (χ0v) is 12.8. The molecule has 0 unspecified atom stereocenters. The van der Waals surface area contributed by atoms with Gasteiger partial charge in [-0.2, -0.15) is 0 Å². The third kappa shape index (κ3) is 3.08. The fourth-order valence-corrected chi connectivity index (χ4v) is 2.89. The Hall–Kier alpha value is -1.87. The van der Waals surface area contributed by atoms with Crippen LogP contribution in [0.1, 0.15) is 25.0 Å². The van der Waals surface area contributed by atoms with E-state index in [1.807, 2.05) is 12.4 Å². The molecule has 0 saturated carbocycles. The van der Waals surface area contributed by atoms with Gasteiger partial charge in [-0.1, -0.05) is 32.0 Å². The molecule has 0 amide bonds. The van der Waals surface area contributed by atoms with E-state index >= 15 is 0 Å². The quantitative estimate of drug-likeness (QED) is 0.909. The molecule has 21 heavy (non-hydrogen) atoms. The molecular formula is C18H23N3. The first-order valence-corrected chi connectivity index (χ1v) is 7.75. The topological polar surface area (TPSA) is 28.2 Å². The summed E-state index contributed by atoms with van der Waals surface area (Å²) in [5.41, 5.74) is 5.32. The molecule has 1 aromatic carbocycles. The number of hydrogen-bond acceptors (Lipinski definition) is 3. The summed E-state index contributed by atoms with van der Waals surface area (Å²) in [6.07, 6.45) is 5.00. The molecule has 0 radical (unpaired) electrons. The van der Waals surface area contributed by atoms with E-state index in [-0.39, 0.29) is 0 Å². The van der Waals surface area contributed by atoms with Crippen LogP contribution in [0.2, 0.25) is 0 Å². The number of fused-ring (bicyclic) bond motifs is 1. The highest BCUT2D eigenvalue weighted by Gasteiger charge is 2.21. The van der Waals surface area contributed by atoms with E-state index in [0.29, 0.717) is 5.92 Å². The summed E-state index contributed by atoms with van der Waals surface area (Å²) in [7, 11) is 0. The number of nitrogens with zero attached hydrogens (tertiary/aromatic N) is 2. The van der Waals surface area contributed by atoms with Gasteiger partial charge in [-0.25, -0.2) is 0 Å². The van der Waals surface area contributed by atoms with Gasteiger partial charge in [-0.15, -0.1) is 0 Å². The average Bonchev–Trinajstić information content (AvgIpc) is 2.91. The second-order valence-electron chi connectivity index (χ2n) is 6.06. The van der Waals surface area contributed by atoms with Crippen molar-refractivity contribution in [1.82, 2.24) is 10.3 Å². The predicted molar refractivity (Wildman–Crippen MR) is 87.9 cm³/mol. The summed E-state index contributed by atoms with van der Waals surface area (Å²) in [6, 6.07) is 10.8. The van der Waals surface area contributed by atoms with Gasteiger partial charge in [0.1, 0.15) is 0 Å². The van der Waals surface area contributed by atoms with Crippen molar-refractivity contribution in [3.05, 3.63) is 53.9 Å². The third-order valence-corrected chi connectivity index (χ3v) is 3.93. The maximum absolute atomic E-state index is 4.34. The highest BCUT2D eigenvalue weighted by atomic mass is 15.2. The van der Waals surface area contributed by atoms with Crippen LogP contribution >= 0.6 is 0 Å². The zero-order valence-electron chi connectivity index (χ0n) is 12.8. The monoisotopic (exact) mass is 281 g/mol. The van der Waals surface area contributed by atoms with Crippen LogP contribution in [0.15, 0.2) is 42.7 Å². The van der Waals surface area contributed by atoms with Gasteiger partial charge in [0.25, 0.3) is 0 Å². The van der Waals surface area contributed by atoms with E-state index < -0.39 is 0 Å². The van der Waals surface area contributed by atoms with Gasteiger partial charge in [-0.05, 0) is 42.1 Å². The number of benzene rings is 1. The molecule has 0 saturated heterocycles. The first-order chi connectivity index (χ1) is 10.3. The van der Waals surface area contributed by atoms with Gasteiger partial charge in [-0.3, -0.25) is 4.98 Å². The van der Waals surface area contributed by atoms with Gasteiger partial charge in [0, 0.05) is 25.0 Å². The molecule has 3 rings (SSSR count). The van der Waals surface area contributed by atoms with Crippen molar-refractivity contribution in [2.45, 2.75) is 26.8 Å². The van der Waals surface area contributed by atoms with Crippen LogP contribution in [0, 0.1) is 5.92 Å². The van der Waals surface area contributed by atoms with Crippen molar-refractivity contribution >= 4 is 11.4 Å². The molecule has 2 aromatic rings. The Balaban J connectivity index is 1.83. The Labute approximate surface area is 127 Å². The molecule has 1 aliphatic heterocycles. The molecule has 3 nitrogen and oxygen atoms in total. The molecule has 1 aliphatic rings. The Bertz CT molecular complexity index is 607. The molecular weight excluding hydrogens is 258 g/mol. The summed E-state index contributed by atoms with van der Waals surface area (Å²) in [6.45, 7) is 7.45. The van der Waals surface area contributed by atoms with Crippen LogP contribution in [0.25, 0.3) is 0 Å². The fraction of sp³-hybridized carbons (Fsp3) is 0.389. The Kier molecular flexibility index (Phi) is 4.20. The number of para-hydroxylation sites is 1. The van der Waals surface area contributed by atoms with Crippen molar-refractivity contribution in [1.29, 1.82) is 0 Å². The standard InChI is InChI=1S/C18H23N3/c1-14(2)11-20-12-16-7-9-19-13-18(16)21-10-8-15-5-3-4-6-17(15)21/h3-7,9,13-14,20H,8,10-12H2,1-2H3. The van der Waals surface area contributed by atoms with Crippen molar-refractivity contribution < 1.29 is 0 Å². The molecule has 1 N–H and O–H groups in total. The molecule has 0 atom stereocenters. The van der Waals surface area contributed by atoms with Gasteiger partial charge < -0.3 is 10.2 Å². The maximum Gasteiger partial charge on any atom is 0.0643 e. The lowest BCUT2D eigenvalue weighted by Gasteiger charge is -2.22. The van der Waals surface area contributed by atoms with Gasteiger partial charge >= 0.3 is 0 Å². The van der Waals surface area contributed by atoms with E-state index in [4.69, 9.17) is 0 Å². The number of rotatable bonds is 5. The lowest BCUT2D eigenvalue weighted by molar-refractivity contribution is 0.552. The number of aromatic nitrogens is 1. The highest BCUT2D eigenvalue weighted by molar-refractivity contribution is 5.71. The fourth-order valence-electron chi connectivity index (χ4n) is 2.89. The molecule has 0 fully saturated rings. The molecule has 0 spiro atoms. The Morgan fingerprint density at radius 2 is 2.05 bits per heavy atom. The summed E-state index contributed by atoms with van der Waals surface area (Å²) in [5.74, 6) is 0.669. The molecule has 0 bridgehead atoms. The van der Waals surface area contributed by atoms with Crippen molar-refractivity contribution in [3.63, 3.8) is 0 Å². The van der Waals surface area contributed by atoms with Crippen LogP contribution in [-0.4, -0.2) is 18.1 Å². The number of anilines is 2. The van der Waals surface area contributed by atoms with E-state index in [1.165, 1.54) is 22.5 Å². The van der Waals surface area contributed by atoms with E-state index in [0.717, 1.165) is 26.1 Å². The number of pyridine rings is 1. The lowest BCUT2D eigenvalue weighted by atomic mass is 10.1. The summed E-state index contributed by atoms with van der Waals surface area (Å²) in [4.78, 5) is 6.73. The second kappa shape index (κ2) is 6.27. The first kappa shape index (κ1) is 14.1. The molecule has 110 valence electrons. The lowest BCUT2D eigenvalue weighted by Crippen LogP contribution is -2.22. The van der Waals surface area contributed by atoms with Crippen LogP contribution in [0.4, 0.5) is 11.4 Å². The van der Waals surface area contributed by atoms with Crippen LogP contribution in [0.5, 0.6) is 0 Å². The zero-order chi connectivity index (χ0) is 14.7. The van der Waals surface area contributed by atoms with Gasteiger partial charge in [0.15, 0.2) is 0 Å². The Morgan fingerprint density at radius 1 is 1.19 bits per heavy atom. The minimum atomic E-state index is 0.669. The third-order valence-electron chi connectivity index (χ3n) is 3.93. The smallest absolute Gasteiger partial charge is 0.0643 e. The van der Waals surface area contributed by atoms with Crippen molar-refractivity contribution in [3.8, 4) is 0 Å². The predicted octanol–water partition coefficient (Wildman–Crippen LogP) is 3.52. The van der Waals surface area contributed by atoms with Crippen molar-refractivity contribution in [2.75, 3.05) is 18.0 Å². The number of hydrogen-bond donors (Lipinski definition) is 1. The van der Waals surface area contributed by atoms with Gasteiger partial charge in [0.05, 0.1) is 11.9 Å². The second-order valence-corrected chi connectivity index (χ2v) is 6.06. The first-order valence-electron chi connectivity index (χ1n) is 7.75. The number of nitrogens with one attached hydrogen (secondary N) is 1. The minimum Gasteiger partial charge on any atom is -0.339 e. The minimum absolute atomic E-state index is 0.669. The summed E-state index contributed by atoms with van der Waals surface area (Å²) < 4.78 is 0. The van der Waals surface area contributed by atoms with Crippen LogP contribution < -0.4 is 10.2 Å². The van der Waals surface area contributed by atoms with Crippen LogP contribution in [0.3, 0.4) is 0 Å². The molecule has 0 aliphatic carbocycles. The summed E-state index contributed by atoms with van der Waals surface area (Å²) in [5, 5.41) is 3.53.